The number of hydrogen-bond donors (Lipinski definition) is 2. The SMILES string of the molecule is Cc1cn[nH]c1-c1cccc(C(=O)N2CCN3C[C@@](O)(c4ccc(Cl)cc4)CC[C@@H]3C2)c1Cl. The van der Waals surface area contributed by atoms with Gasteiger partial charge in [-0.2, -0.15) is 5.10 Å². The number of rotatable bonds is 3. The molecule has 0 saturated carbocycles. The Morgan fingerprint density at radius 1 is 1.18 bits per heavy atom. The maximum atomic E-state index is 13.4. The van der Waals surface area contributed by atoms with Gasteiger partial charge < -0.3 is 10.0 Å². The summed E-state index contributed by atoms with van der Waals surface area (Å²) in [4.78, 5) is 17.6. The Morgan fingerprint density at radius 2 is 1.97 bits per heavy atom. The third-order valence-electron chi connectivity index (χ3n) is 6.96. The van der Waals surface area contributed by atoms with E-state index in [0.29, 0.717) is 48.2 Å². The quantitative estimate of drug-likeness (QED) is 0.573. The van der Waals surface area contributed by atoms with Crippen molar-refractivity contribution in [2.45, 2.75) is 31.4 Å². The summed E-state index contributed by atoms with van der Waals surface area (Å²) in [6.45, 7) is 4.44. The fraction of sp³-hybridized carbons (Fsp3) is 0.360. The first kappa shape index (κ1) is 22.4. The summed E-state index contributed by atoms with van der Waals surface area (Å²) in [5.74, 6) is -0.0581. The summed E-state index contributed by atoms with van der Waals surface area (Å²) in [6.07, 6.45) is 3.20. The first-order valence-electron chi connectivity index (χ1n) is 11.2. The molecule has 2 saturated heterocycles. The van der Waals surface area contributed by atoms with Crippen molar-refractivity contribution >= 4 is 29.1 Å². The maximum Gasteiger partial charge on any atom is 0.255 e. The maximum absolute atomic E-state index is 13.4. The second-order valence-corrected chi connectivity index (χ2v) is 9.86. The molecule has 2 N–H and O–H groups in total. The lowest BCUT2D eigenvalue weighted by molar-refractivity contribution is -0.0740. The topological polar surface area (TPSA) is 72.5 Å². The van der Waals surface area contributed by atoms with E-state index in [9.17, 15) is 9.90 Å². The minimum absolute atomic E-state index is 0.0581. The van der Waals surface area contributed by atoms with E-state index in [1.54, 1.807) is 12.3 Å². The average Bonchev–Trinajstić information content (AvgIpc) is 3.24. The van der Waals surface area contributed by atoms with Crippen molar-refractivity contribution in [3.8, 4) is 11.3 Å². The van der Waals surface area contributed by atoms with E-state index < -0.39 is 5.60 Å². The van der Waals surface area contributed by atoms with Gasteiger partial charge in [-0.05, 0) is 49.1 Å². The van der Waals surface area contributed by atoms with Gasteiger partial charge >= 0.3 is 0 Å². The minimum Gasteiger partial charge on any atom is -0.384 e. The van der Waals surface area contributed by atoms with Crippen molar-refractivity contribution in [3.05, 3.63) is 75.4 Å². The molecule has 2 fully saturated rings. The number of carbonyl (C=O) groups is 1. The Labute approximate surface area is 203 Å². The molecule has 3 aromatic rings. The fourth-order valence-electron chi connectivity index (χ4n) is 5.06. The molecule has 0 bridgehead atoms. The van der Waals surface area contributed by atoms with Crippen LogP contribution in [0.3, 0.4) is 0 Å². The third-order valence-corrected chi connectivity index (χ3v) is 7.62. The van der Waals surface area contributed by atoms with Crippen LogP contribution in [0.25, 0.3) is 11.3 Å². The molecule has 8 heteroatoms. The number of hydrogen-bond acceptors (Lipinski definition) is 4. The number of nitrogens with one attached hydrogen (secondary N) is 1. The summed E-state index contributed by atoms with van der Waals surface area (Å²) < 4.78 is 0. The predicted molar refractivity (Wildman–Crippen MR) is 130 cm³/mol. The van der Waals surface area contributed by atoms with Gasteiger partial charge in [0.25, 0.3) is 5.91 Å². The zero-order valence-corrected chi connectivity index (χ0v) is 19.9. The van der Waals surface area contributed by atoms with Crippen molar-refractivity contribution < 1.29 is 9.90 Å². The van der Waals surface area contributed by atoms with Gasteiger partial charge in [0.05, 0.1) is 22.5 Å². The second kappa shape index (κ2) is 8.76. The highest BCUT2D eigenvalue weighted by Gasteiger charge is 2.42. The molecule has 33 heavy (non-hydrogen) atoms. The molecule has 2 aromatic carbocycles. The zero-order valence-electron chi connectivity index (χ0n) is 18.4. The highest BCUT2D eigenvalue weighted by atomic mass is 35.5. The third kappa shape index (κ3) is 4.17. The van der Waals surface area contributed by atoms with Crippen molar-refractivity contribution in [3.63, 3.8) is 0 Å². The summed E-state index contributed by atoms with van der Waals surface area (Å²) in [5.41, 5.74) is 3.08. The van der Waals surface area contributed by atoms with Gasteiger partial charge in [0.2, 0.25) is 0 Å². The van der Waals surface area contributed by atoms with Crippen LogP contribution < -0.4 is 0 Å². The van der Waals surface area contributed by atoms with Crippen LogP contribution >= 0.6 is 23.2 Å². The van der Waals surface area contributed by atoms with Gasteiger partial charge in [0.15, 0.2) is 0 Å². The number of aromatic nitrogens is 2. The predicted octanol–water partition coefficient (Wildman–Crippen LogP) is 4.50. The molecule has 0 spiro atoms. The van der Waals surface area contributed by atoms with Crippen LogP contribution in [0.15, 0.2) is 48.7 Å². The molecule has 3 heterocycles. The van der Waals surface area contributed by atoms with E-state index in [1.165, 1.54) is 0 Å². The molecular weight excluding hydrogens is 459 g/mol. The number of aliphatic hydroxyl groups is 1. The number of carbonyl (C=O) groups excluding carboxylic acids is 1. The number of aromatic amines is 1. The number of nitrogens with zero attached hydrogens (tertiary/aromatic N) is 3. The van der Waals surface area contributed by atoms with Crippen molar-refractivity contribution in [1.29, 1.82) is 0 Å². The summed E-state index contributed by atoms with van der Waals surface area (Å²) >= 11 is 12.7. The lowest BCUT2D eigenvalue weighted by Gasteiger charge is -2.49. The molecule has 172 valence electrons. The molecule has 1 aromatic heterocycles. The Kier molecular flexibility index (Phi) is 5.95. The Hall–Kier alpha value is -2.38. The highest BCUT2D eigenvalue weighted by Crippen LogP contribution is 2.37. The number of piperazine rings is 1. The van der Waals surface area contributed by atoms with Crippen LogP contribution in [-0.4, -0.2) is 63.2 Å². The smallest absolute Gasteiger partial charge is 0.255 e. The first-order chi connectivity index (χ1) is 15.9. The molecule has 2 aliphatic heterocycles. The second-order valence-electron chi connectivity index (χ2n) is 9.05. The van der Waals surface area contributed by atoms with E-state index >= 15 is 0 Å². The lowest BCUT2D eigenvalue weighted by Crippen LogP contribution is -2.60. The molecule has 0 radical (unpaired) electrons. The van der Waals surface area contributed by atoms with E-state index in [0.717, 1.165) is 28.8 Å². The molecule has 5 rings (SSSR count). The van der Waals surface area contributed by atoms with E-state index in [-0.39, 0.29) is 11.9 Å². The Bertz CT molecular complexity index is 1180. The van der Waals surface area contributed by atoms with Crippen molar-refractivity contribution in [2.75, 3.05) is 26.2 Å². The number of fused-ring (bicyclic) bond motifs is 1. The van der Waals surface area contributed by atoms with Crippen LogP contribution in [-0.2, 0) is 5.60 Å². The summed E-state index contributed by atoms with van der Waals surface area (Å²) in [5, 5.41) is 19.5. The normalized spacial score (nSPS) is 23.4. The standard InChI is InChI=1S/C25H26Cl2N4O2/c1-16-13-28-29-23(16)20-3-2-4-21(22(20)27)24(32)30-11-12-31-15-25(33,10-9-19(31)14-30)17-5-7-18(26)8-6-17/h2-8,13,19,33H,9-12,14-15H2,1H3,(H,28,29)/t19-,25-/m1/s1. The first-order valence-corrected chi connectivity index (χ1v) is 11.9. The van der Waals surface area contributed by atoms with Gasteiger partial charge in [0, 0.05) is 42.8 Å². The number of benzene rings is 2. The summed E-state index contributed by atoms with van der Waals surface area (Å²) in [7, 11) is 0. The Morgan fingerprint density at radius 3 is 2.70 bits per heavy atom. The average molecular weight is 485 g/mol. The minimum atomic E-state index is -0.896. The molecular formula is C25H26Cl2N4O2. The molecule has 6 nitrogen and oxygen atoms in total. The van der Waals surface area contributed by atoms with Gasteiger partial charge in [-0.25, -0.2) is 0 Å². The lowest BCUT2D eigenvalue weighted by atomic mass is 9.82. The summed E-state index contributed by atoms with van der Waals surface area (Å²) in [6, 6.07) is 13.2. The van der Waals surface area contributed by atoms with Crippen LogP contribution in [0, 0.1) is 6.92 Å². The van der Waals surface area contributed by atoms with E-state index in [1.807, 2.05) is 48.2 Å². The van der Waals surface area contributed by atoms with Crippen LogP contribution in [0.5, 0.6) is 0 Å². The van der Waals surface area contributed by atoms with Crippen molar-refractivity contribution in [1.82, 2.24) is 20.0 Å². The highest BCUT2D eigenvalue weighted by molar-refractivity contribution is 6.36. The van der Waals surface area contributed by atoms with E-state index in [4.69, 9.17) is 23.2 Å². The molecule has 0 unspecified atom stereocenters. The molecule has 0 aliphatic carbocycles. The zero-order chi connectivity index (χ0) is 23.2. The van der Waals surface area contributed by atoms with Gasteiger partial charge in [-0.15, -0.1) is 0 Å². The van der Waals surface area contributed by atoms with Gasteiger partial charge in [-0.1, -0.05) is 47.5 Å². The van der Waals surface area contributed by atoms with Crippen LogP contribution in [0.1, 0.15) is 34.3 Å². The fourth-order valence-corrected chi connectivity index (χ4v) is 5.48. The molecule has 2 aliphatic rings. The Balaban J connectivity index is 1.31. The van der Waals surface area contributed by atoms with Gasteiger partial charge in [0.1, 0.15) is 5.60 Å². The van der Waals surface area contributed by atoms with Crippen LogP contribution in [0.4, 0.5) is 0 Å². The number of amides is 1. The van der Waals surface area contributed by atoms with E-state index in [2.05, 4.69) is 15.1 Å². The number of aryl methyl sites for hydroxylation is 1. The van der Waals surface area contributed by atoms with Gasteiger partial charge in [-0.3, -0.25) is 14.8 Å². The number of halogens is 2. The number of piperidine rings is 1. The monoisotopic (exact) mass is 484 g/mol. The largest absolute Gasteiger partial charge is 0.384 e. The molecule has 2 atom stereocenters. The number of H-pyrrole nitrogens is 1. The van der Waals surface area contributed by atoms with Crippen LogP contribution in [0.2, 0.25) is 10.0 Å². The van der Waals surface area contributed by atoms with Crippen molar-refractivity contribution in [2.24, 2.45) is 0 Å². The molecule has 1 amide bonds.